The van der Waals surface area contributed by atoms with E-state index >= 15 is 0 Å². The zero-order valence-corrected chi connectivity index (χ0v) is 12.3. The van der Waals surface area contributed by atoms with Crippen molar-refractivity contribution in [3.05, 3.63) is 30.3 Å². The number of carbonyl (C=O) groups excluding carboxylic acids is 1. The summed E-state index contributed by atoms with van der Waals surface area (Å²) in [5, 5.41) is 0. The van der Waals surface area contributed by atoms with Gasteiger partial charge in [-0.1, -0.05) is 63.6 Å². The smallest absolute Gasteiger partial charge is 0.346 e. The molecule has 3 heteroatoms. The van der Waals surface area contributed by atoms with Crippen LogP contribution in [0.25, 0.3) is 0 Å². The number of halogens is 1. The van der Waals surface area contributed by atoms with Crippen LogP contribution in [0.15, 0.2) is 30.3 Å². The lowest BCUT2D eigenvalue weighted by Gasteiger charge is -2.08. The average Bonchev–Trinajstić information content (AvgIpc) is 2.47. The molecule has 20 heavy (non-hydrogen) atoms. The van der Waals surface area contributed by atoms with Crippen molar-refractivity contribution in [1.82, 2.24) is 0 Å². The van der Waals surface area contributed by atoms with Crippen molar-refractivity contribution in [3.8, 4) is 5.75 Å². The lowest BCUT2D eigenvalue weighted by atomic mass is 10.1. The fourth-order valence-electron chi connectivity index (χ4n) is 2.07. The molecule has 112 valence electrons. The lowest BCUT2D eigenvalue weighted by Crippen LogP contribution is -2.21. The highest BCUT2D eigenvalue weighted by Gasteiger charge is 2.18. The van der Waals surface area contributed by atoms with Gasteiger partial charge >= 0.3 is 5.97 Å². The third kappa shape index (κ3) is 7.27. The van der Waals surface area contributed by atoms with Crippen molar-refractivity contribution in [2.75, 3.05) is 0 Å². The van der Waals surface area contributed by atoms with E-state index in [-0.39, 0.29) is 6.42 Å². The Morgan fingerprint density at radius 2 is 1.65 bits per heavy atom. The van der Waals surface area contributed by atoms with Crippen molar-refractivity contribution in [3.63, 3.8) is 0 Å². The summed E-state index contributed by atoms with van der Waals surface area (Å²) in [6.45, 7) is 2.19. The number of para-hydroxylation sites is 1. The minimum atomic E-state index is -1.51. The summed E-state index contributed by atoms with van der Waals surface area (Å²) in [6.07, 6.45) is 6.59. The molecule has 0 radical (unpaired) electrons. The van der Waals surface area contributed by atoms with E-state index in [0.29, 0.717) is 5.75 Å². The lowest BCUT2D eigenvalue weighted by molar-refractivity contribution is -0.140. The van der Waals surface area contributed by atoms with Crippen LogP contribution in [0.1, 0.15) is 58.3 Å². The molecule has 1 aromatic rings. The number of alkyl halides is 1. The van der Waals surface area contributed by atoms with Crippen molar-refractivity contribution < 1.29 is 13.9 Å². The Morgan fingerprint density at radius 3 is 2.30 bits per heavy atom. The molecular formula is C17H25FO2. The number of unbranched alkanes of at least 4 members (excludes halogenated alkanes) is 6. The Hall–Kier alpha value is -1.38. The predicted octanol–water partition coefficient (Wildman–Crippen LogP) is 5.07. The topological polar surface area (TPSA) is 26.3 Å². The molecule has 0 fully saturated rings. The van der Waals surface area contributed by atoms with E-state index in [0.717, 1.165) is 19.3 Å². The first kappa shape index (κ1) is 16.7. The van der Waals surface area contributed by atoms with E-state index in [2.05, 4.69) is 6.92 Å². The van der Waals surface area contributed by atoms with Gasteiger partial charge in [0.25, 0.3) is 0 Å². The van der Waals surface area contributed by atoms with Gasteiger partial charge in [-0.15, -0.1) is 0 Å². The third-order valence-electron chi connectivity index (χ3n) is 3.28. The van der Waals surface area contributed by atoms with Crippen LogP contribution in [0.3, 0.4) is 0 Å². The largest absolute Gasteiger partial charge is 0.424 e. The Morgan fingerprint density at radius 1 is 1.05 bits per heavy atom. The average molecular weight is 280 g/mol. The number of hydrogen-bond donors (Lipinski definition) is 0. The van der Waals surface area contributed by atoms with Gasteiger partial charge in [0, 0.05) is 0 Å². The molecule has 0 aromatic heterocycles. The van der Waals surface area contributed by atoms with Crippen molar-refractivity contribution in [2.24, 2.45) is 0 Å². The maximum atomic E-state index is 13.6. The molecule has 1 rings (SSSR count). The first-order valence-corrected chi connectivity index (χ1v) is 7.65. The normalized spacial score (nSPS) is 12.1. The van der Waals surface area contributed by atoms with Crippen LogP contribution >= 0.6 is 0 Å². The van der Waals surface area contributed by atoms with E-state index in [4.69, 9.17) is 4.74 Å². The van der Waals surface area contributed by atoms with Gasteiger partial charge in [-0.3, -0.25) is 0 Å². The maximum Gasteiger partial charge on any atom is 0.346 e. The molecule has 0 aliphatic heterocycles. The first-order chi connectivity index (χ1) is 9.74. The van der Waals surface area contributed by atoms with Crippen molar-refractivity contribution in [1.29, 1.82) is 0 Å². The zero-order valence-electron chi connectivity index (χ0n) is 12.3. The van der Waals surface area contributed by atoms with Crippen LogP contribution in [0, 0.1) is 0 Å². The van der Waals surface area contributed by atoms with E-state index in [1.54, 1.807) is 24.3 Å². The van der Waals surface area contributed by atoms with E-state index < -0.39 is 12.1 Å². The van der Waals surface area contributed by atoms with Gasteiger partial charge in [0.1, 0.15) is 5.75 Å². The highest BCUT2D eigenvalue weighted by molar-refractivity contribution is 5.76. The molecule has 0 saturated carbocycles. The van der Waals surface area contributed by atoms with Gasteiger partial charge < -0.3 is 4.74 Å². The van der Waals surface area contributed by atoms with Gasteiger partial charge in [0.2, 0.25) is 0 Å². The molecule has 1 atom stereocenters. The van der Waals surface area contributed by atoms with Crippen LogP contribution < -0.4 is 4.74 Å². The second-order valence-electron chi connectivity index (χ2n) is 5.11. The monoisotopic (exact) mass is 280 g/mol. The zero-order chi connectivity index (χ0) is 14.6. The second-order valence-corrected chi connectivity index (χ2v) is 5.11. The highest BCUT2D eigenvalue weighted by atomic mass is 19.1. The standard InChI is InChI=1S/C17H25FO2/c1-2-3-4-5-6-7-11-14-16(18)17(19)20-15-12-9-8-10-13-15/h8-10,12-13,16H,2-7,11,14H2,1H3. The van der Waals surface area contributed by atoms with E-state index in [9.17, 15) is 9.18 Å². The Bertz CT molecular complexity index is 365. The number of rotatable bonds is 10. The summed E-state index contributed by atoms with van der Waals surface area (Å²) < 4.78 is 18.6. The summed E-state index contributed by atoms with van der Waals surface area (Å²) in [6, 6.07) is 8.64. The summed E-state index contributed by atoms with van der Waals surface area (Å²) >= 11 is 0. The Balaban J connectivity index is 2.10. The predicted molar refractivity (Wildman–Crippen MR) is 79.6 cm³/mol. The maximum absolute atomic E-state index is 13.6. The molecule has 0 bridgehead atoms. The van der Waals surface area contributed by atoms with Crippen LogP contribution in [0.2, 0.25) is 0 Å². The molecule has 0 saturated heterocycles. The summed E-state index contributed by atoms with van der Waals surface area (Å²) in [7, 11) is 0. The summed E-state index contributed by atoms with van der Waals surface area (Å²) in [4.78, 5) is 11.5. The number of hydrogen-bond acceptors (Lipinski definition) is 2. The quantitative estimate of drug-likeness (QED) is 0.340. The van der Waals surface area contributed by atoms with Gasteiger partial charge in [0.05, 0.1) is 0 Å². The number of ether oxygens (including phenoxy) is 1. The van der Waals surface area contributed by atoms with Crippen LogP contribution in [-0.4, -0.2) is 12.1 Å². The Labute approximate surface area is 121 Å². The molecule has 0 amide bonds. The van der Waals surface area contributed by atoms with Gasteiger partial charge in [-0.25, -0.2) is 9.18 Å². The summed E-state index contributed by atoms with van der Waals surface area (Å²) in [5.41, 5.74) is 0. The van der Waals surface area contributed by atoms with Crippen LogP contribution in [0.4, 0.5) is 4.39 Å². The fourth-order valence-corrected chi connectivity index (χ4v) is 2.07. The first-order valence-electron chi connectivity index (χ1n) is 7.65. The second kappa shape index (κ2) is 10.4. The minimum Gasteiger partial charge on any atom is -0.424 e. The fraction of sp³-hybridized carbons (Fsp3) is 0.588. The van der Waals surface area contributed by atoms with Gasteiger partial charge in [-0.2, -0.15) is 0 Å². The van der Waals surface area contributed by atoms with Crippen molar-refractivity contribution in [2.45, 2.75) is 64.5 Å². The molecule has 0 N–H and O–H groups in total. The van der Waals surface area contributed by atoms with Gasteiger partial charge in [0.15, 0.2) is 6.17 Å². The highest BCUT2D eigenvalue weighted by Crippen LogP contribution is 2.14. The summed E-state index contributed by atoms with van der Waals surface area (Å²) in [5.74, 6) is -0.373. The van der Waals surface area contributed by atoms with Crippen LogP contribution in [0.5, 0.6) is 5.75 Å². The molecule has 0 aliphatic carbocycles. The van der Waals surface area contributed by atoms with Gasteiger partial charge in [-0.05, 0) is 25.0 Å². The molecule has 0 aliphatic rings. The number of carbonyl (C=O) groups is 1. The molecule has 2 nitrogen and oxygen atoms in total. The Kier molecular flexibility index (Phi) is 8.68. The molecule has 0 heterocycles. The number of esters is 1. The molecular weight excluding hydrogens is 255 g/mol. The minimum absolute atomic E-state index is 0.263. The molecule has 0 spiro atoms. The van der Waals surface area contributed by atoms with Crippen LogP contribution in [-0.2, 0) is 4.79 Å². The van der Waals surface area contributed by atoms with Crippen molar-refractivity contribution >= 4 is 5.97 Å². The van der Waals surface area contributed by atoms with E-state index in [1.807, 2.05) is 6.07 Å². The van der Waals surface area contributed by atoms with E-state index in [1.165, 1.54) is 25.7 Å². The SMILES string of the molecule is CCCCCCCCCC(F)C(=O)Oc1ccccc1. The molecule has 1 aromatic carbocycles. The third-order valence-corrected chi connectivity index (χ3v) is 3.28. The molecule has 1 unspecified atom stereocenters. The number of benzene rings is 1.